The van der Waals surface area contributed by atoms with Gasteiger partial charge in [-0.15, -0.1) is 0 Å². The molecule has 0 aliphatic rings. The molecule has 25 heavy (non-hydrogen) atoms. The van der Waals surface area contributed by atoms with Gasteiger partial charge in [0.1, 0.15) is 0 Å². The first-order valence-electron chi connectivity index (χ1n) is 9.92. The van der Waals surface area contributed by atoms with Crippen molar-refractivity contribution in [3.8, 4) is 0 Å². The fourth-order valence-electron chi connectivity index (χ4n) is 2.06. The lowest BCUT2D eigenvalue weighted by atomic mass is 10.00. The second kappa shape index (κ2) is 22.9. The van der Waals surface area contributed by atoms with Crippen LogP contribution in [0.4, 0.5) is 0 Å². The highest BCUT2D eigenvalue weighted by atomic mass is 16.4. The maximum atomic E-state index is 10.4. The molecule has 0 saturated carbocycles. The molecule has 2 unspecified atom stereocenters. The fraction of sp³-hybridized carbons (Fsp3) is 0.900. The standard InChI is InChI=1S/2C8H16O2.C4H10O/c2*1-3-5-6-7(4-2)8(9)10;1-2-3-4-5/h2*7H,3-6H2,1-2H3,(H,9,10);5H,2-4H2,1H3. The van der Waals surface area contributed by atoms with Crippen molar-refractivity contribution in [2.24, 2.45) is 11.8 Å². The van der Waals surface area contributed by atoms with Gasteiger partial charge in [-0.05, 0) is 32.1 Å². The quantitative estimate of drug-likeness (QED) is 0.435. The molecule has 0 aliphatic carbocycles. The maximum absolute atomic E-state index is 10.4. The van der Waals surface area contributed by atoms with Crippen LogP contribution in [-0.4, -0.2) is 33.9 Å². The highest BCUT2D eigenvalue weighted by Gasteiger charge is 2.13. The highest BCUT2D eigenvalue weighted by molar-refractivity contribution is 5.70. The Morgan fingerprint density at radius 1 is 0.680 bits per heavy atom. The predicted molar refractivity (Wildman–Crippen MR) is 104 cm³/mol. The van der Waals surface area contributed by atoms with Crippen LogP contribution >= 0.6 is 0 Å². The highest BCUT2D eigenvalue weighted by Crippen LogP contribution is 2.12. The van der Waals surface area contributed by atoms with Crippen LogP contribution < -0.4 is 0 Å². The smallest absolute Gasteiger partial charge is 0.306 e. The van der Waals surface area contributed by atoms with Crippen molar-refractivity contribution in [2.75, 3.05) is 6.61 Å². The molecule has 2 atom stereocenters. The lowest BCUT2D eigenvalue weighted by Gasteiger charge is -2.06. The molecule has 0 aromatic rings. The number of carboxylic acid groups (broad SMARTS) is 2. The summed E-state index contributed by atoms with van der Waals surface area (Å²) >= 11 is 0. The number of aliphatic hydroxyl groups is 1. The zero-order valence-corrected chi connectivity index (χ0v) is 17.1. The van der Waals surface area contributed by atoms with Crippen molar-refractivity contribution in [2.45, 2.75) is 98.8 Å². The second-order valence-electron chi connectivity index (χ2n) is 6.25. The minimum atomic E-state index is -0.643. The van der Waals surface area contributed by atoms with Gasteiger partial charge in [0.2, 0.25) is 0 Å². The Bertz CT molecular complexity index is 264. The van der Waals surface area contributed by atoms with Crippen molar-refractivity contribution >= 4 is 11.9 Å². The first kappa shape index (κ1) is 28.7. The van der Waals surface area contributed by atoms with Crippen LogP contribution in [-0.2, 0) is 9.59 Å². The molecule has 5 heteroatoms. The molecule has 0 rings (SSSR count). The van der Waals surface area contributed by atoms with E-state index in [9.17, 15) is 9.59 Å². The Morgan fingerprint density at radius 2 is 1.00 bits per heavy atom. The maximum Gasteiger partial charge on any atom is 0.306 e. The lowest BCUT2D eigenvalue weighted by molar-refractivity contribution is -0.143. The largest absolute Gasteiger partial charge is 0.481 e. The van der Waals surface area contributed by atoms with Gasteiger partial charge < -0.3 is 15.3 Å². The van der Waals surface area contributed by atoms with E-state index in [0.29, 0.717) is 6.61 Å². The molecule has 0 aromatic carbocycles. The van der Waals surface area contributed by atoms with Crippen LogP contribution in [0.15, 0.2) is 0 Å². The van der Waals surface area contributed by atoms with Crippen LogP contribution in [0.5, 0.6) is 0 Å². The van der Waals surface area contributed by atoms with Crippen molar-refractivity contribution < 1.29 is 24.9 Å². The summed E-state index contributed by atoms with van der Waals surface area (Å²) in [7, 11) is 0. The summed E-state index contributed by atoms with van der Waals surface area (Å²) in [6, 6.07) is 0. The summed E-state index contributed by atoms with van der Waals surface area (Å²) in [5.41, 5.74) is 0. The van der Waals surface area contributed by atoms with E-state index in [4.69, 9.17) is 15.3 Å². The molecular formula is C20H42O5. The normalized spacial score (nSPS) is 12.1. The van der Waals surface area contributed by atoms with E-state index in [1.165, 1.54) is 0 Å². The molecule has 0 heterocycles. The Hall–Kier alpha value is -1.10. The van der Waals surface area contributed by atoms with Crippen molar-refractivity contribution in [1.82, 2.24) is 0 Å². The second-order valence-corrected chi connectivity index (χ2v) is 6.25. The Balaban J connectivity index is -0.000000308. The molecule has 0 aliphatic heterocycles. The van der Waals surface area contributed by atoms with Gasteiger partial charge in [0.15, 0.2) is 0 Å². The summed E-state index contributed by atoms with van der Waals surface area (Å²) in [4.78, 5) is 20.9. The van der Waals surface area contributed by atoms with Crippen molar-refractivity contribution in [3.63, 3.8) is 0 Å². The molecule has 0 saturated heterocycles. The van der Waals surface area contributed by atoms with Gasteiger partial charge in [-0.25, -0.2) is 0 Å². The van der Waals surface area contributed by atoms with Gasteiger partial charge in [-0.3, -0.25) is 9.59 Å². The van der Waals surface area contributed by atoms with E-state index in [0.717, 1.165) is 64.2 Å². The zero-order valence-electron chi connectivity index (χ0n) is 17.1. The van der Waals surface area contributed by atoms with E-state index < -0.39 is 11.9 Å². The third-order valence-electron chi connectivity index (χ3n) is 4.01. The summed E-state index contributed by atoms with van der Waals surface area (Å²) in [5.74, 6) is -1.51. The minimum absolute atomic E-state index is 0.111. The molecule has 152 valence electrons. The zero-order chi connectivity index (χ0) is 20.1. The first-order valence-corrected chi connectivity index (χ1v) is 9.92. The number of hydrogen-bond donors (Lipinski definition) is 3. The van der Waals surface area contributed by atoms with Gasteiger partial charge in [-0.1, -0.05) is 66.7 Å². The number of aliphatic carboxylic acids is 2. The number of carbonyl (C=O) groups is 2. The monoisotopic (exact) mass is 362 g/mol. The third kappa shape index (κ3) is 22.9. The summed E-state index contributed by atoms with van der Waals surface area (Å²) in [6.45, 7) is 10.4. The molecule has 0 spiro atoms. The number of rotatable bonds is 12. The van der Waals surface area contributed by atoms with Gasteiger partial charge in [0.05, 0.1) is 11.8 Å². The third-order valence-corrected chi connectivity index (χ3v) is 4.01. The van der Waals surface area contributed by atoms with Crippen LogP contribution in [0.25, 0.3) is 0 Å². The predicted octanol–water partition coefficient (Wildman–Crippen LogP) is 5.35. The van der Waals surface area contributed by atoms with Gasteiger partial charge >= 0.3 is 11.9 Å². The molecule has 3 N–H and O–H groups in total. The van der Waals surface area contributed by atoms with Crippen LogP contribution in [0.1, 0.15) is 98.8 Å². The van der Waals surface area contributed by atoms with E-state index in [-0.39, 0.29) is 11.8 Å². The Labute approximate surface area is 154 Å². The molecule has 5 nitrogen and oxygen atoms in total. The van der Waals surface area contributed by atoms with Crippen LogP contribution in [0, 0.1) is 11.8 Å². The van der Waals surface area contributed by atoms with Crippen LogP contribution in [0.2, 0.25) is 0 Å². The molecule has 0 aromatic heterocycles. The average molecular weight is 363 g/mol. The van der Waals surface area contributed by atoms with E-state index in [2.05, 4.69) is 20.8 Å². The number of aliphatic hydroxyl groups excluding tert-OH is 1. The molecule has 0 radical (unpaired) electrons. The van der Waals surface area contributed by atoms with Crippen molar-refractivity contribution in [3.05, 3.63) is 0 Å². The molecular weight excluding hydrogens is 320 g/mol. The van der Waals surface area contributed by atoms with Gasteiger partial charge in [0, 0.05) is 6.61 Å². The number of hydrogen-bond acceptors (Lipinski definition) is 3. The van der Waals surface area contributed by atoms with E-state index in [1.807, 2.05) is 13.8 Å². The summed E-state index contributed by atoms with van der Waals surface area (Å²) in [5, 5.41) is 25.3. The summed E-state index contributed by atoms with van der Waals surface area (Å²) < 4.78 is 0. The topological polar surface area (TPSA) is 94.8 Å². The molecule has 0 bridgehead atoms. The Morgan fingerprint density at radius 3 is 1.12 bits per heavy atom. The SMILES string of the molecule is CCCCC(CC)C(=O)O.CCCCC(CC)C(=O)O.CCCCO. The van der Waals surface area contributed by atoms with E-state index >= 15 is 0 Å². The number of unbranched alkanes of at least 4 members (excludes halogenated alkanes) is 3. The van der Waals surface area contributed by atoms with E-state index in [1.54, 1.807) is 0 Å². The summed E-state index contributed by atoms with van der Waals surface area (Å²) in [6.07, 6.45) is 9.47. The van der Waals surface area contributed by atoms with Crippen molar-refractivity contribution in [1.29, 1.82) is 0 Å². The number of carboxylic acids is 2. The lowest BCUT2D eigenvalue weighted by Crippen LogP contribution is -2.11. The average Bonchev–Trinajstić information content (AvgIpc) is 2.57. The Kier molecular flexibility index (Phi) is 26.3. The van der Waals surface area contributed by atoms with Crippen LogP contribution in [0.3, 0.4) is 0 Å². The minimum Gasteiger partial charge on any atom is -0.481 e. The molecule has 0 amide bonds. The van der Waals surface area contributed by atoms with Gasteiger partial charge in [0.25, 0.3) is 0 Å². The molecule has 0 fully saturated rings. The van der Waals surface area contributed by atoms with Gasteiger partial charge in [-0.2, -0.15) is 0 Å². The fourth-order valence-corrected chi connectivity index (χ4v) is 2.06. The first-order chi connectivity index (χ1) is 11.9.